The Morgan fingerprint density at radius 2 is 2.20 bits per heavy atom. The topological polar surface area (TPSA) is 83.7 Å². The summed E-state index contributed by atoms with van der Waals surface area (Å²) in [6.07, 6.45) is 0.819. The third-order valence-corrected chi connectivity index (χ3v) is 3.19. The van der Waals surface area contributed by atoms with Crippen LogP contribution >= 0.6 is 11.6 Å². The van der Waals surface area contributed by atoms with Crippen molar-refractivity contribution in [3.8, 4) is 0 Å². The smallest absolute Gasteiger partial charge is 0.308 e. The van der Waals surface area contributed by atoms with E-state index in [1.165, 1.54) is 12.1 Å². The van der Waals surface area contributed by atoms with Gasteiger partial charge in [-0.15, -0.1) is 0 Å². The molecular formula is C13H17ClN2O4. The molecule has 0 aromatic heterocycles. The number of aliphatic carboxylic acids is 1. The maximum atomic E-state index is 10.9. The van der Waals surface area contributed by atoms with E-state index >= 15 is 0 Å². The summed E-state index contributed by atoms with van der Waals surface area (Å²) in [4.78, 5) is 23.0. The van der Waals surface area contributed by atoms with Crippen LogP contribution in [0.2, 0.25) is 5.02 Å². The fraction of sp³-hybridized carbons (Fsp3) is 0.462. The van der Waals surface area contributed by atoms with Gasteiger partial charge in [-0.25, -0.2) is 0 Å². The lowest BCUT2D eigenvalue weighted by atomic mass is 10.1. The van der Waals surface area contributed by atoms with Crippen LogP contribution in [0.3, 0.4) is 0 Å². The fourth-order valence-electron chi connectivity index (χ4n) is 1.85. The number of nitrogens with zero attached hydrogens (tertiary/aromatic N) is 2. The highest BCUT2D eigenvalue weighted by Gasteiger charge is 2.19. The molecule has 0 radical (unpaired) electrons. The summed E-state index contributed by atoms with van der Waals surface area (Å²) < 4.78 is 0. The van der Waals surface area contributed by atoms with Gasteiger partial charge >= 0.3 is 5.97 Å². The molecule has 0 aliphatic carbocycles. The summed E-state index contributed by atoms with van der Waals surface area (Å²) in [7, 11) is 0. The van der Waals surface area contributed by atoms with E-state index in [9.17, 15) is 14.9 Å². The number of non-ortho nitro benzene ring substituents is 1. The van der Waals surface area contributed by atoms with Gasteiger partial charge < -0.3 is 10.0 Å². The van der Waals surface area contributed by atoms with Crippen molar-refractivity contribution in [2.45, 2.75) is 20.3 Å². The molecule has 1 rings (SSSR count). The second-order valence-electron chi connectivity index (χ2n) is 4.58. The molecule has 0 saturated heterocycles. The first-order chi connectivity index (χ1) is 9.36. The van der Waals surface area contributed by atoms with E-state index in [2.05, 4.69) is 0 Å². The molecule has 1 aromatic rings. The number of benzene rings is 1. The second-order valence-corrected chi connectivity index (χ2v) is 4.99. The first-order valence-electron chi connectivity index (χ1n) is 6.28. The predicted molar refractivity (Wildman–Crippen MR) is 77.4 cm³/mol. The number of carboxylic acid groups (broad SMARTS) is 1. The van der Waals surface area contributed by atoms with Crippen LogP contribution in [0.5, 0.6) is 0 Å². The van der Waals surface area contributed by atoms with Gasteiger partial charge in [0.1, 0.15) is 0 Å². The van der Waals surface area contributed by atoms with Crippen LogP contribution in [0.15, 0.2) is 18.2 Å². The summed E-state index contributed by atoms with van der Waals surface area (Å²) >= 11 is 6.07. The van der Waals surface area contributed by atoms with Crippen molar-refractivity contribution in [1.82, 2.24) is 0 Å². The van der Waals surface area contributed by atoms with Gasteiger partial charge in [0.2, 0.25) is 0 Å². The van der Waals surface area contributed by atoms with Crippen LogP contribution < -0.4 is 4.90 Å². The molecule has 0 heterocycles. The Kier molecular flexibility index (Phi) is 5.76. The van der Waals surface area contributed by atoms with Gasteiger partial charge in [0, 0.05) is 25.2 Å². The molecule has 1 unspecified atom stereocenters. The Labute approximate surface area is 122 Å². The number of nitro groups is 1. The Morgan fingerprint density at radius 1 is 1.55 bits per heavy atom. The average molecular weight is 301 g/mol. The lowest BCUT2D eigenvalue weighted by Crippen LogP contribution is -2.32. The normalized spacial score (nSPS) is 11.9. The first kappa shape index (κ1) is 16.2. The molecule has 0 fully saturated rings. The van der Waals surface area contributed by atoms with E-state index in [0.717, 1.165) is 6.42 Å². The van der Waals surface area contributed by atoms with Crippen LogP contribution in [0, 0.1) is 16.0 Å². The Hall–Kier alpha value is -1.82. The molecule has 0 spiro atoms. The van der Waals surface area contributed by atoms with Crippen molar-refractivity contribution >= 4 is 28.9 Å². The van der Waals surface area contributed by atoms with Crippen molar-refractivity contribution in [1.29, 1.82) is 0 Å². The standard InChI is InChI=1S/C13H17ClN2O4/c1-3-6-15(8-9(2)13(17)18)12-5-4-10(16(19)20)7-11(12)14/h4-5,7,9H,3,6,8H2,1-2H3,(H,17,18). The Balaban J connectivity index is 3.02. The third-order valence-electron chi connectivity index (χ3n) is 2.89. The zero-order chi connectivity index (χ0) is 15.3. The van der Waals surface area contributed by atoms with Crippen molar-refractivity contribution < 1.29 is 14.8 Å². The van der Waals surface area contributed by atoms with Gasteiger partial charge in [0.25, 0.3) is 5.69 Å². The van der Waals surface area contributed by atoms with Gasteiger partial charge in [-0.1, -0.05) is 25.4 Å². The van der Waals surface area contributed by atoms with Crippen LogP contribution in [-0.4, -0.2) is 29.1 Å². The van der Waals surface area contributed by atoms with Gasteiger partial charge in [0.15, 0.2) is 0 Å². The van der Waals surface area contributed by atoms with Crippen molar-refractivity contribution in [2.24, 2.45) is 5.92 Å². The molecule has 1 atom stereocenters. The first-order valence-corrected chi connectivity index (χ1v) is 6.66. The number of hydrogen-bond acceptors (Lipinski definition) is 4. The van der Waals surface area contributed by atoms with Crippen LogP contribution in [0.25, 0.3) is 0 Å². The molecule has 1 N–H and O–H groups in total. The largest absolute Gasteiger partial charge is 0.481 e. The molecule has 6 nitrogen and oxygen atoms in total. The summed E-state index contributed by atoms with van der Waals surface area (Å²) in [5, 5.41) is 19.9. The molecule has 0 aliphatic heterocycles. The van der Waals surface area contributed by atoms with E-state index in [0.29, 0.717) is 18.8 Å². The molecule has 110 valence electrons. The van der Waals surface area contributed by atoms with E-state index in [1.807, 2.05) is 11.8 Å². The number of carboxylic acids is 1. The van der Waals surface area contributed by atoms with E-state index < -0.39 is 16.8 Å². The summed E-state index contributed by atoms with van der Waals surface area (Å²) in [5.74, 6) is -1.43. The SMILES string of the molecule is CCCN(CC(C)C(=O)O)c1ccc([N+](=O)[O-])cc1Cl. The van der Waals surface area contributed by atoms with Crippen LogP contribution in [0.4, 0.5) is 11.4 Å². The van der Waals surface area contributed by atoms with Gasteiger partial charge in [-0.3, -0.25) is 14.9 Å². The number of nitro benzene ring substituents is 1. The fourth-order valence-corrected chi connectivity index (χ4v) is 2.15. The molecule has 1 aromatic carbocycles. The number of anilines is 1. The molecule has 7 heteroatoms. The van der Waals surface area contributed by atoms with Gasteiger partial charge in [-0.2, -0.15) is 0 Å². The highest BCUT2D eigenvalue weighted by Crippen LogP contribution is 2.30. The molecule has 0 bridgehead atoms. The minimum Gasteiger partial charge on any atom is -0.481 e. The Morgan fingerprint density at radius 3 is 2.65 bits per heavy atom. The zero-order valence-electron chi connectivity index (χ0n) is 11.4. The van der Waals surface area contributed by atoms with E-state index in [1.54, 1.807) is 13.0 Å². The molecule has 0 aliphatic rings. The van der Waals surface area contributed by atoms with Crippen LogP contribution in [-0.2, 0) is 4.79 Å². The quantitative estimate of drug-likeness (QED) is 0.617. The lowest BCUT2D eigenvalue weighted by Gasteiger charge is -2.27. The molecule has 20 heavy (non-hydrogen) atoms. The number of halogens is 1. The molecule has 0 saturated carbocycles. The monoisotopic (exact) mass is 300 g/mol. The zero-order valence-corrected chi connectivity index (χ0v) is 12.1. The van der Waals surface area contributed by atoms with Crippen molar-refractivity contribution in [2.75, 3.05) is 18.0 Å². The summed E-state index contributed by atoms with van der Waals surface area (Å²) in [6, 6.07) is 4.21. The summed E-state index contributed by atoms with van der Waals surface area (Å²) in [6.45, 7) is 4.53. The maximum absolute atomic E-state index is 10.9. The van der Waals surface area contributed by atoms with Crippen molar-refractivity contribution in [3.63, 3.8) is 0 Å². The minimum atomic E-state index is -0.885. The third kappa shape index (κ3) is 4.09. The molecule has 0 amide bonds. The average Bonchev–Trinajstić information content (AvgIpc) is 2.37. The predicted octanol–water partition coefficient (Wildman–Crippen LogP) is 3.19. The number of hydrogen-bond donors (Lipinski definition) is 1. The van der Waals surface area contributed by atoms with E-state index in [-0.39, 0.29) is 10.7 Å². The minimum absolute atomic E-state index is 0.0820. The number of carbonyl (C=O) groups is 1. The maximum Gasteiger partial charge on any atom is 0.308 e. The van der Waals surface area contributed by atoms with Gasteiger partial charge in [-0.05, 0) is 12.5 Å². The lowest BCUT2D eigenvalue weighted by molar-refractivity contribution is -0.384. The van der Waals surface area contributed by atoms with Gasteiger partial charge in [0.05, 0.1) is 21.6 Å². The van der Waals surface area contributed by atoms with Crippen molar-refractivity contribution in [3.05, 3.63) is 33.3 Å². The second kappa shape index (κ2) is 7.09. The highest BCUT2D eigenvalue weighted by atomic mass is 35.5. The number of rotatable bonds is 7. The summed E-state index contributed by atoms with van der Waals surface area (Å²) in [5.41, 5.74) is 0.536. The van der Waals surface area contributed by atoms with Crippen LogP contribution in [0.1, 0.15) is 20.3 Å². The Bertz CT molecular complexity index is 507. The molecular weight excluding hydrogens is 284 g/mol. The highest BCUT2D eigenvalue weighted by molar-refractivity contribution is 6.33. The van der Waals surface area contributed by atoms with E-state index in [4.69, 9.17) is 16.7 Å².